The van der Waals surface area contributed by atoms with E-state index in [4.69, 9.17) is 9.47 Å². The maximum absolute atomic E-state index is 9.65. The molecule has 1 aromatic rings. The second kappa shape index (κ2) is 7.04. The van der Waals surface area contributed by atoms with E-state index in [1.165, 1.54) is 12.0 Å². The van der Waals surface area contributed by atoms with Gasteiger partial charge in [0, 0.05) is 14.2 Å². The molecule has 1 atom stereocenters. The number of hydrogen-bond acceptors (Lipinski definition) is 8. The lowest BCUT2D eigenvalue weighted by atomic mass is 10.5. The molecule has 8 heteroatoms. The molecule has 0 bridgehead atoms. The number of aryl methyl sites for hydroxylation is 1. The second-order valence-electron chi connectivity index (χ2n) is 3.64. The maximum atomic E-state index is 9.65. The van der Waals surface area contributed by atoms with Gasteiger partial charge in [-0.2, -0.15) is 15.0 Å². The molecular formula is C10H19N5O3. The van der Waals surface area contributed by atoms with Gasteiger partial charge in [-0.05, 0) is 13.8 Å². The average molecular weight is 257 g/mol. The zero-order valence-corrected chi connectivity index (χ0v) is 11.0. The van der Waals surface area contributed by atoms with E-state index in [1.54, 1.807) is 21.0 Å². The summed E-state index contributed by atoms with van der Waals surface area (Å²) in [7, 11) is 3.10. The summed E-state index contributed by atoms with van der Waals surface area (Å²) in [5.41, 5.74) is 0. The van der Waals surface area contributed by atoms with Gasteiger partial charge in [-0.1, -0.05) is 0 Å². The van der Waals surface area contributed by atoms with Crippen LogP contribution in [0.1, 0.15) is 12.7 Å². The zero-order chi connectivity index (χ0) is 13.5. The minimum atomic E-state index is -0.762. The highest BCUT2D eigenvalue weighted by Gasteiger charge is 2.16. The van der Waals surface area contributed by atoms with Crippen LogP contribution >= 0.6 is 0 Å². The summed E-state index contributed by atoms with van der Waals surface area (Å²) < 4.78 is 9.88. The van der Waals surface area contributed by atoms with Gasteiger partial charge in [0.2, 0.25) is 11.9 Å². The van der Waals surface area contributed by atoms with Crippen molar-refractivity contribution in [1.29, 1.82) is 0 Å². The molecule has 0 aliphatic rings. The monoisotopic (exact) mass is 257 g/mol. The Morgan fingerprint density at radius 2 is 2.00 bits per heavy atom. The standard InChI is InChI=1S/C10H19N5O3/c1-7-12-9(11-5-17-3)14-10(13-7)15(6-18-4)8(2)16/h8,16H,5-6H2,1-4H3,(H,11,12,13,14). The van der Waals surface area contributed by atoms with Crippen LogP contribution in [0.3, 0.4) is 0 Å². The van der Waals surface area contributed by atoms with E-state index < -0.39 is 6.23 Å². The lowest BCUT2D eigenvalue weighted by molar-refractivity contribution is 0.122. The maximum Gasteiger partial charge on any atom is 0.234 e. The molecule has 8 nitrogen and oxygen atoms in total. The lowest BCUT2D eigenvalue weighted by Gasteiger charge is -2.24. The minimum Gasteiger partial charge on any atom is -0.374 e. The normalized spacial score (nSPS) is 12.3. The zero-order valence-electron chi connectivity index (χ0n) is 11.0. The van der Waals surface area contributed by atoms with Gasteiger partial charge >= 0.3 is 0 Å². The highest BCUT2D eigenvalue weighted by molar-refractivity contribution is 5.36. The van der Waals surface area contributed by atoms with Crippen molar-refractivity contribution in [3.05, 3.63) is 5.82 Å². The fraction of sp³-hybridized carbons (Fsp3) is 0.700. The van der Waals surface area contributed by atoms with Gasteiger partial charge in [0.25, 0.3) is 0 Å². The van der Waals surface area contributed by atoms with Gasteiger partial charge in [-0.15, -0.1) is 0 Å². The number of ether oxygens (including phenoxy) is 2. The second-order valence-corrected chi connectivity index (χ2v) is 3.64. The van der Waals surface area contributed by atoms with Crippen molar-refractivity contribution < 1.29 is 14.6 Å². The van der Waals surface area contributed by atoms with E-state index in [0.717, 1.165) is 0 Å². The Hall–Kier alpha value is -1.51. The third-order valence-corrected chi connectivity index (χ3v) is 2.09. The van der Waals surface area contributed by atoms with Crippen LogP contribution in [0.4, 0.5) is 11.9 Å². The van der Waals surface area contributed by atoms with Crippen molar-refractivity contribution in [2.45, 2.75) is 20.1 Å². The molecule has 1 aromatic heterocycles. The Labute approximate surface area is 106 Å². The number of aliphatic hydroxyl groups excluding tert-OH is 1. The van der Waals surface area contributed by atoms with Crippen LogP contribution in [0.15, 0.2) is 0 Å². The topological polar surface area (TPSA) is 92.6 Å². The molecule has 2 N–H and O–H groups in total. The first-order valence-corrected chi connectivity index (χ1v) is 5.47. The van der Waals surface area contributed by atoms with Gasteiger partial charge in [0.15, 0.2) is 0 Å². The summed E-state index contributed by atoms with van der Waals surface area (Å²) in [5.74, 6) is 1.28. The third kappa shape index (κ3) is 4.06. The lowest BCUT2D eigenvalue weighted by Crippen LogP contribution is -2.36. The number of aromatic nitrogens is 3. The number of hydrogen-bond donors (Lipinski definition) is 2. The SMILES string of the molecule is COCNc1nc(C)nc(N(COC)C(C)O)n1. The Morgan fingerprint density at radius 1 is 1.28 bits per heavy atom. The number of rotatable bonds is 7. The van der Waals surface area contributed by atoms with Gasteiger partial charge in [0.05, 0.1) is 0 Å². The van der Waals surface area contributed by atoms with Crippen LogP contribution in [0.2, 0.25) is 0 Å². The van der Waals surface area contributed by atoms with Gasteiger partial charge in [-0.25, -0.2) is 0 Å². The Morgan fingerprint density at radius 3 is 2.56 bits per heavy atom. The molecule has 0 saturated carbocycles. The van der Waals surface area contributed by atoms with E-state index >= 15 is 0 Å². The Bertz CT molecular complexity index is 375. The first kappa shape index (κ1) is 14.6. The van der Waals surface area contributed by atoms with Crippen LogP contribution in [0, 0.1) is 6.92 Å². The largest absolute Gasteiger partial charge is 0.374 e. The third-order valence-electron chi connectivity index (χ3n) is 2.09. The molecule has 1 heterocycles. The number of anilines is 2. The number of nitrogens with one attached hydrogen (secondary N) is 1. The van der Waals surface area contributed by atoms with Crippen molar-refractivity contribution in [1.82, 2.24) is 15.0 Å². The summed E-state index contributed by atoms with van der Waals surface area (Å²) >= 11 is 0. The van der Waals surface area contributed by atoms with E-state index in [9.17, 15) is 5.11 Å². The summed E-state index contributed by atoms with van der Waals surface area (Å²) in [6.45, 7) is 3.84. The van der Waals surface area contributed by atoms with Crippen molar-refractivity contribution in [3.8, 4) is 0 Å². The molecule has 0 amide bonds. The van der Waals surface area contributed by atoms with E-state index in [-0.39, 0.29) is 6.73 Å². The van der Waals surface area contributed by atoms with Crippen molar-refractivity contribution in [2.75, 3.05) is 37.9 Å². The molecular weight excluding hydrogens is 238 g/mol. The van der Waals surface area contributed by atoms with Crippen molar-refractivity contribution >= 4 is 11.9 Å². The molecule has 1 rings (SSSR count). The molecule has 0 aliphatic heterocycles. The summed E-state index contributed by atoms with van der Waals surface area (Å²) in [6, 6.07) is 0. The molecule has 0 aromatic carbocycles. The summed E-state index contributed by atoms with van der Waals surface area (Å²) in [5, 5.41) is 12.5. The van der Waals surface area contributed by atoms with Crippen LogP contribution < -0.4 is 10.2 Å². The van der Waals surface area contributed by atoms with Gasteiger partial charge < -0.3 is 19.9 Å². The average Bonchev–Trinajstić information content (AvgIpc) is 2.32. The van der Waals surface area contributed by atoms with Crippen LogP contribution in [-0.2, 0) is 9.47 Å². The van der Waals surface area contributed by atoms with Crippen LogP contribution in [0.5, 0.6) is 0 Å². The van der Waals surface area contributed by atoms with Gasteiger partial charge in [-0.3, -0.25) is 4.90 Å². The van der Waals surface area contributed by atoms with E-state index in [0.29, 0.717) is 24.5 Å². The Balaban J connectivity index is 2.95. The first-order chi connectivity index (χ1) is 8.58. The molecule has 1 unspecified atom stereocenters. The van der Waals surface area contributed by atoms with Crippen molar-refractivity contribution in [3.63, 3.8) is 0 Å². The number of aliphatic hydroxyl groups is 1. The smallest absolute Gasteiger partial charge is 0.234 e. The highest BCUT2D eigenvalue weighted by Crippen LogP contribution is 2.12. The summed E-state index contributed by atoms with van der Waals surface area (Å²) in [6.07, 6.45) is -0.762. The Kier molecular flexibility index (Phi) is 5.69. The molecule has 18 heavy (non-hydrogen) atoms. The summed E-state index contributed by atoms with van der Waals surface area (Å²) in [4.78, 5) is 14.0. The predicted molar refractivity (Wildman–Crippen MR) is 66.1 cm³/mol. The van der Waals surface area contributed by atoms with E-state index in [2.05, 4.69) is 20.3 Å². The fourth-order valence-electron chi connectivity index (χ4n) is 1.28. The molecule has 102 valence electrons. The van der Waals surface area contributed by atoms with E-state index in [1.807, 2.05) is 0 Å². The fourth-order valence-corrected chi connectivity index (χ4v) is 1.28. The molecule has 0 radical (unpaired) electrons. The first-order valence-electron chi connectivity index (χ1n) is 5.47. The minimum absolute atomic E-state index is 0.185. The van der Waals surface area contributed by atoms with Crippen LogP contribution in [0.25, 0.3) is 0 Å². The highest BCUT2D eigenvalue weighted by atomic mass is 16.5. The molecule has 0 aliphatic carbocycles. The van der Waals surface area contributed by atoms with Gasteiger partial charge in [0.1, 0.15) is 25.5 Å². The van der Waals surface area contributed by atoms with Crippen LogP contribution in [-0.4, -0.2) is 54.0 Å². The molecule has 0 saturated heterocycles. The molecule has 0 fully saturated rings. The number of nitrogens with zero attached hydrogens (tertiary/aromatic N) is 4. The van der Waals surface area contributed by atoms with Crippen molar-refractivity contribution in [2.24, 2.45) is 0 Å². The molecule has 0 spiro atoms. The quantitative estimate of drug-likeness (QED) is 0.656. The predicted octanol–water partition coefficient (Wildman–Crippen LogP) is -0.0556. The number of methoxy groups -OCH3 is 2.